The third-order valence-corrected chi connectivity index (χ3v) is 13.2. The maximum atomic E-state index is 6.70. The molecule has 68 heavy (non-hydrogen) atoms. The summed E-state index contributed by atoms with van der Waals surface area (Å²) >= 11 is 0. The highest BCUT2D eigenvalue weighted by atomic mass is 16.5. The number of benzene rings is 9. The zero-order chi connectivity index (χ0) is 45.0. The molecule has 0 N–H and O–H groups in total. The van der Waals surface area contributed by atoms with E-state index in [1.807, 2.05) is 97.1 Å². The number of nitrogens with zero attached hydrogens (tertiary/aromatic N) is 5. The average Bonchev–Trinajstić information content (AvgIpc) is 3.71. The van der Waals surface area contributed by atoms with Gasteiger partial charge in [0.1, 0.15) is 11.5 Å². The van der Waals surface area contributed by atoms with Gasteiger partial charge in [-0.3, -0.25) is 0 Å². The van der Waals surface area contributed by atoms with Crippen molar-refractivity contribution in [2.24, 2.45) is 0 Å². The molecule has 2 aliphatic rings. The van der Waals surface area contributed by atoms with Crippen LogP contribution in [0.4, 0.5) is 0 Å². The van der Waals surface area contributed by atoms with E-state index in [-0.39, 0.29) is 0 Å². The quantitative estimate of drug-likeness (QED) is 0.159. The van der Waals surface area contributed by atoms with E-state index in [0.29, 0.717) is 23.3 Å². The molecule has 11 aromatic rings. The third-order valence-electron chi connectivity index (χ3n) is 13.2. The summed E-state index contributed by atoms with van der Waals surface area (Å²) in [6.07, 6.45) is 0. The second-order valence-corrected chi connectivity index (χ2v) is 17.1. The van der Waals surface area contributed by atoms with Crippen molar-refractivity contribution in [2.45, 2.75) is 5.41 Å². The van der Waals surface area contributed by atoms with Gasteiger partial charge >= 0.3 is 0 Å². The summed E-state index contributed by atoms with van der Waals surface area (Å²) in [4.78, 5) is 25.6. The van der Waals surface area contributed by atoms with Crippen LogP contribution in [0.25, 0.3) is 90.3 Å². The van der Waals surface area contributed by atoms with Crippen LogP contribution in [0.2, 0.25) is 0 Å². The third kappa shape index (κ3) is 6.45. The van der Waals surface area contributed by atoms with Gasteiger partial charge in [-0.15, -0.1) is 0 Å². The summed E-state index contributed by atoms with van der Waals surface area (Å²) in [5.74, 6) is 4.19. The predicted molar refractivity (Wildman–Crippen MR) is 271 cm³/mol. The standard InChI is InChI=1S/C62H39N5O/c1-5-18-41(19-6-1)53-39-54(42-20-7-2-8-21-42)64-58(63-53)45-34-32-40(33-35-45)47-26-17-29-52-57(47)48-38-46(61-66-59(43-22-9-3-10-23-43)65-60(67-61)44-24-11-4-12-25-44)36-37-49(48)62(52)50-27-13-15-30-55(50)68-56-31-16-14-28-51(56)62/h1-39H. The van der Waals surface area contributed by atoms with Crippen LogP contribution in [-0.2, 0) is 5.41 Å². The molecule has 6 nitrogen and oxygen atoms in total. The van der Waals surface area contributed by atoms with E-state index in [1.54, 1.807) is 0 Å². The van der Waals surface area contributed by atoms with Crippen molar-refractivity contribution in [3.8, 4) is 102 Å². The van der Waals surface area contributed by atoms with Crippen LogP contribution in [0.5, 0.6) is 11.5 Å². The van der Waals surface area contributed by atoms with Gasteiger partial charge in [0.25, 0.3) is 0 Å². The molecule has 6 heteroatoms. The Bertz CT molecular complexity index is 3530. The van der Waals surface area contributed by atoms with Gasteiger partial charge in [-0.1, -0.05) is 212 Å². The van der Waals surface area contributed by atoms with Gasteiger partial charge in [0.05, 0.1) is 16.8 Å². The number of ether oxygens (including phenoxy) is 1. The number of hydrogen-bond donors (Lipinski definition) is 0. The molecule has 0 atom stereocenters. The largest absolute Gasteiger partial charge is 0.457 e. The lowest BCUT2D eigenvalue weighted by Crippen LogP contribution is -2.32. The first-order chi connectivity index (χ1) is 33.7. The van der Waals surface area contributed by atoms with E-state index in [2.05, 4.69) is 140 Å². The van der Waals surface area contributed by atoms with E-state index < -0.39 is 5.41 Å². The highest BCUT2D eigenvalue weighted by Crippen LogP contribution is 2.63. The average molecular weight is 870 g/mol. The fraction of sp³-hybridized carbons (Fsp3) is 0.0161. The predicted octanol–water partition coefficient (Wildman–Crippen LogP) is 14.8. The number of rotatable bonds is 7. The van der Waals surface area contributed by atoms with Gasteiger partial charge in [-0.05, 0) is 57.6 Å². The lowest BCUT2D eigenvalue weighted by atomic mass is 9.66. The topological polar surface area (TPSA) is 73.7 Å². The summed E-state index contributed by atoms with van der Waals surface area (Å²) < 4.78 is 6.70. The van der Waals surface area contributed by atoms with E-state index >= 15 is 0 Å². The number of aromatic nitrogens is 5. The first-order valence-electron chi connectivity index (χ1n) is 22.8. The van der Waals surface area contributed by atoms with Crippen molar-refractivity contribution in [1.29, 1.82) is 0 Å². The van der Waals surface area contributed by atoms with Crippen LogP contribution in [0.1, 0.15) is 22.3 Å². The maximum Gasteiger partial charge on any atom is 0.164 e. The molecule has 0 radical (unpaired) electrons. The van der Waals surface area contributed by atoms with Gasteiger partial charge < -0.3 is 4.74 Å². The minimum Gasteiger partial charge on any atom is -0.457 e. The van der Waals surface area contributed by atoms with Crippen molar-refractivity contribution in [1.82, 2.24) is 24.9 Å². The van der Waals surface area contributed by atoms with Crippen molar-refractivity contribution >= 4 is 0 Å². The summed E-state index contributed by atoms with van der Waals surface area (Å²) in [5.41, 5.74) is 15.8. The molecule has 9 aromatic carbocycles. The highest BCUT2D eigenvalue weighted by molar-refractivity contribution is 5.98. The Morgan fingerprint density at radius 1 is 0.265 bits per heavy atom. The van der Waals surface area contributed by atoms with Gasteiger partial charge in [-0.25, -0.2) is 24.9 Å². The van der Waals surface area contributed by atoms with Crippen LogP contribution in [0.15, 0.2) is 237 Å². The van der Waals surface area contributed by atoms with Gasteiger partial charge in [0.2, 0.25) is 0 Å². The Labute approximate surface area is 394 Å². The molecule has 0 unspecified atom stereocenters. The van der Waals surface area contributed by atoms with Crippen LogP contribution in [0, 0.1) is 0 Å². The SMILES string of the molecule is c1ccc(-c2cc(-c3ccccc3)nc(-c3ccc(-c4cccc5c4-c4cc(-c6nc(-c7ccccc7)nc(-c7ccccc7)n6)ccc4C54c5ccccc5Oc5ccccc54)cc3)n2)cc1. The molecule has 0 saturated carbocycles. The minimum absolute atomic E-state index is 0.602. The molecular weight excluding hydrogens is 831 g/mol. The summed E-state index contributed by atoms with van der Waals surface area (Å²) in [6.45, 7) is 0. The van der Waals surface area contributed by atoms with Gasteiger partial charge in [-0.2, -0.15) is 0 Å². The Hall–Kier alpha value is -9.13. The summed E-state index contributed by atoms with van der Waals surface area (Å²) in [7, 11) is 0. The fourth-order valence-electron chi connectivity index (χ4n) is 10.2. The van der Waals surface area contributed by atoms with Crippen molar-refractivity contribution in [2.75, 3.05) is 0 Å². The molecule has 1 spiro atoms. The lowest BCUT2D eigenvalue weighted by Gasteiger charge is -2.39. The van der Waals surface area contributed by atoms with E-state index in [4.69, 9.17) is 29.7 Å². The summed E-state index contributed by atoms with van der Waals surface area (Å²) in [5, 5.41) is 0. The fourth-order valence-corrected chi connectivity index (χ4v) is 10.2. The monoisotopic (exact) mass is 869 g/mol. The molecule has 0 saturated heterocycles. The molecule has 3 heterocycles. The van der Waals surface area contributed by atoms with Crippen LogP contribution >= 0.6 is 0 Å². The zero-order valence-electron chi connectivity index (χ0n) is 36.7. The highest BCUT2D eigenvalue weighted by Gasteiger charge is 2.51. The smallest absolute Gasteiger partial charge is 0.164 e. The second-order valence-electron chi connectivity index (χ2n) is 17.1. The minimum atomic E-state index is -0.673. The number of hydrogen-bond acceptors (Lipinski definition) is 6. The Balaban J connectivity index is 1.01. The van der Waals surface area contributed by atoms with Crippen LogP contribution < -0.4 is 4.74 Å². The molecule has 0 amide bonds. The number of fused-ring (bicyclic) bond motifs is 9. The molecule has 13 rings (SSSR count). The molecule has 1 aliphatic carbocycles. The Morgan fingerprint density at radius 3 is 1.22 bits per heavy atom. The molecule has 2 aromatic heterocycles. The van der Waals surface area contributed by atoms with Crippen molar-refractivity contribution in [3.05, 3.63) is 259 Å². The van der Waals surface area contributed by atoms with Gasteiger partial charge in [0.15, 0.2) is 23.3 Å². The van der Waals surface area contributed by atoms with Crippen molar-refractivity contribution < 1.29 is 4.74 Å². The lowest BCUT2D eigenvalue weighted by molar-refractivity contribution is 0.436. The molecule has 0 fully saturated rings. The normalized spacial score (nSPS) is 12.6. The van der Waals surface area contributed by atoms with Crippen LogP contribution in [0.3, 0.4) is 0 Å². The summed E-state index contributed by atoms with van der Waals surface area (Å²) in [6, 6.07) is 82.1. The number of para-hydroxylation sites is 2. The molecule has 1 aliphatic heterocycles. The first-order valence-corrected chi connectivity index (χ1v) is 22.8. The van der Waals surface area contributed by atoms with E-state index in [1.165, 1.54) is 11.1 Å². The Kier molecular flexibility index (Phi) is 9.29. The first kappa shape index (κ1) is 39.3. The van der Waals surface area contributed by atoms with E-state index in [9.17, 15) is 0 Å². The zero-order valence-corrected chi connectivity index (χ0v) is 36.7. The molecule has 0 bridgehead atoms. The second kappa shape index (κ2) is 16.1. The molecular formula is C62H39N5O. The maximum absolute atomic E-state index is 6.70. The Morgan fingerprint density at radius 2 is 0.676 bits per heavy atom. The van der Waals surface area contributed by atoms with Gasteiger partial charge in [0, 0.05) is 44.5 Å². The van der Waals surface area contributed by atoms with Crippen LogP contribution in [-0.4, -0.2) is 24.9 Å². The van der Waals surface area contributed by atoms with E-state index in [0.717, 1.165) is 89.6 Å². The van der Waals surface area contributed by atoms with Crippen molar-refractivity contribution in [3.63, 3.8) is 0 Å². The molecule has 318 valence electrons.